The van der Waals surface area contributed by atoms with Crippen LogP contribution in [0.2, 0.25) is 0 Å². The second-order valence-electron chi connectivity index (χ2n) is 6.35. The van der Waals surface area contributed by atoms with Gasteiger partial charge in [-0.3, -0.25) is 4.79 Å². The quantitative estimate of drug-likeness (QED) is 0.543. The molecule has 0 radical (unpaired) electrons. The number of benzene rings is 2. The van der Waals surface area contributed by atoms with Crippen LogP contribution < -0.4 is 14.8 Å². The Balaban J connectivity index is 1.96. The van der Waals surface area contributed by atoms with Crippen LogP contribution in [0.4, 0.5) is 27.6 Å². The summed E-state index contributed by atoms with van der Waals surface area (Å²) in [4.78, 5) is 12.6. The molecule has 0 saturated heterocycles. The lowest BCUT2D eigenvalue weighted by Gasteiger charge is -2.14. The SMILES string of the molecule is COc1ccc(NC(=O)c2cnn(-c3ccc(C)cc3)c2C(F)(F)F)cc1OC(F)F. The molecule has 11 heteroatoms. The van der Waals surface area contributed by atoms with Crippen LogP contribution in [-0.2, 0) is 6.18 Å². The molecule has 0 atom stereocenters. The third-order valence-electron chi connectivity index (χ3n) is 4.20. The largest absolute Gasteiger partial charge is 0.493 e. The fourth-order valence-corrected chi connectivity index (χ4v) is 2.81. The summed E-state index contributed by atoms with van der Waals surface area (Å²) in [5.41, 5.74) is -1.12. The van der Waals surface area contributed by atoms with Crippen molar-refractivity contribution in [3.05, 3.63) is 65.5 Å². The van der Waals surface area contributed by atoms with Crippen molar-refractivity contribution in [2.45, 2.75) is 19.7 Å². The van der Waals surface area contributed by atoms with Gasteiger partial charge in [-0.15, -0.1) is 0 Å². The topological polar surface area (TPSA) is 65.4 Å². The molecule has 1 amide bonds. The summed E-state index contributed by atoms with van der Waals surface area (Å²) in [6.07, 6.45) is -4.10. The van der Waals surface area contributed by atoms with Gasteiger partial charge in [0, 0.05) is 11.8 Å². The molecule has 0 bridgehead atoms. The molecule has 0 unspecified atom stereocenters. The summed E-state index contributed by atoms with van der Waals surface area (Å²) in [6, 6.07) is 9.62. The molecule has 1 heterocycles. The van der Waals surface area contributed by atoms with E-state index in [-0.39, 0.29) is 22.9 Å². The molecule has 0 spiro atoms. The van der Waals surface area contributed by atoms with Gasteiger partial charge in [0.2, 0.25) is 0 Å². The summed E-state index contributed by atoms with van der Waals surface area (Å²) in [7, 11) is 1.22. The minimum Gasteiger partial charge on any atom is -0.493 e. The predicted octanol–water partition coefficient (Wildman–Crippen LogP) is 5.06. The number of rotatable bonds is 6. The van der Waals surface area contributed by atoms with Gasteiger partial charge in [-0.2, -0.15) is 27.1 Å². The van der Waals surface area contributed by atoms with Crippen LogP contribution in [-0.4, -0.2) is 29.4 Å². The fourth-order valence-electron chi connectivity index (χ4n) is 2.81. The average molecular weight is 441 g/mol. The zero-order valence-corrected chi connectivity index (χ0v) is 16.2. The van der Waals surface area contributed by atoms with Gasteiger partial charge in [-0.1, -0.05) is 17.7 Å². The Morgan fingerprint density at radius 2 is 1.77 bits per heavy atom. The highest BCUT2D eigenvalue weighted by Crippen LogP contribution is 2.35. The number of aryl methyl sites for hydroxylation is 1. The monoisotopic (exact) mass is 441 g/mol. The first-order valence-electron chi connectivity index (χ1n) is 8.76. The van der Waals surface area contributed by atoms with E-state index in [0.29, 0.717) is 4.68 Å². The number of hydrogen-bond acceptors (Lipinski definition) is 4. The van der Waals surface area contributed by atoms with E-state index in [4.69, 9.17) is 4.74 Å². The Morgan fingerprint density at radius 1 is 1.10 bits per heavy atom. The molecule has 2 aromatic carbocycles. The van der Waals surface area contributed by atoms with Crippen molar-refractivity contribution in [3.63, 3.8) is 0 Å². The summed E-state index contributed by atoms with van der Waals surface area (Å²) in [5.74, 6) is -1.55. The van der Waals surface area contributed by atoms with Crippen molar-refractivity contribution >= 4 is 11.6 Å². The number of aromatic nitrogens is 2. The molecule has 3 aromatic rings. The first kappa shape index (κ1) is 22.1. The summed E-state index contributed by atoms with van der Waals surface area (Å²) < 4.78 is 76.2. The zero-order valence-electron chi connectivity index (χ0n) is 16.2. The van der Waals surface area contributed by atoms with Gasteiger partial charge in [0.15, 0.2) is 17.2 Å². The molecule has 0 fully saturated rings. The Morgan fingerprint density at radius 3 is 2.35 bits per heavy atom. The highest BCUT2D eigenvalue weighted by atomic mass is 19.4. The minimum absolute atomic E-state index is 0.0403. The second kappa shape index (κ2) is 8.62. The maximum Gasteiger partial charge on any atom is 0.434 e. The molecule has 31 heavy (non-hydrogen) atoms. The minimum atomic E-state index is -4.89. The van der Waals surface area contributed by atoms with Gasteiger partial charge in [0.05, 0.1) is 24.6 Å². The van der Waals surface area contributed by atoms with E-state index in [1.807, 2.05) is 0 Å². The zero-order chi connectivity index (χ0) is 22.8. The van der Waals surface area contributed by atoms with Crippen LogP contribution in [0.3, 0.4) is 0 Å². The van der Waals surface area contributed by atoms with E-state index in [9.17, 15) is 26.7 Å². The Hall–Kier alpha value is -3.63. The number of carbonyl (C=O) groups excluding carboxylic acids is 1. The molecular weight excluding hydrogens is 425 g/mol. The third-order valence-corrected chi connectivity index (χ3v) is 4.20. The molecule has 0 aliphatic carbocycles. The van der Waals surface area contributed by atoms with Crippen LogP contribution in [0.5, 0.6) is 11.5 Å². The summed E-state index contributed by atoms with van der Waals surface area (Å²) >= 11 is 0. The van der Waals surface area contributed by atoms with Gasteiger partial charge in [0.25, 0.3) is 5.91 Å². The lowest BCUT2D eigenvalue weighted by atomic mass is 10.2. The van der Waals surface area contributed by atoms with Crippen LogP contribution in [0.25, 0.3) is 5.69 Å². The van der Waals surface area contributed by atoms with Crippen molar-refractivity contribution in [1.29, 1.82) is 0 Å². The molecule has 164 valence electrons. The van der Waals surface area contributed by atoms with Crippen molar-refractivity contribution in [3.8, 4) is 17.2 Å². The van der Waals surface area contributed by atoms with Crippen molar-refractivity contribution in [1.82, 2.24) is 9.78 Å². The van der Waals surface area contributed by atoms with E-state index in [1.165, 1.54) is 31.4 Å². The van der Waals surface area contributed by atoms with Gasteiger partial charge in [-0.05, 0) is 31.2 Å². The first-order valence-corrected chi connectivity index (χ1v) is 8.76. The number of alkyl halides is 5. The van der Waals surface area contributed by atoms with Gasteiger partial charge in [-0.25, -0.2) is 4.68 Å². The van der Waals surface area contributed by atoms with Crippen molar-refractivity contribution < 1.29 is 36.2 Å². The van der Waals surface area contributed by atoms with Crippen LogP contribution >= 0.6 is 0 Å². The lowest BCUT2D eigenvalue weighted by Crippen LogP contribution is -2.20. The molecule has 1 N–H and O–H groups in total. The van der Waals surface area contributed by atoms with Gasteiger partial charge >= 0.3 is 12.8 Å². The Kier molecular flexibility index (Phi) is 6.14. The molecule has 0 aliphatic rings. The number of nitrogens with one attached hydrogen (secondary N) is 1. The number of amides is 1. The molecule has 0 aliphatic heterocycles. The highest BCUT2D eigenvalue weighted by molar-refractivity contribution is 6.05. The van der Waals surface area contributed by atoms with Crippen molar-refractivity contribution in [2.75, 3.05) is 12.4 Å². The Bertz CT molecular complexity index is 1080. The normalized spacial score (nSPS) is 11.5. The lowest BCUT2D eigenvalue weighted by molar-refractivity contribution is -0.143. The number of methoxy groups -OCH3 is 1. The standard InChI is InChI=1S/C20H16F5N3O3/c1-11-3-6-13(7-4-11)28-17(20(23,24)25)14(10-26-28)18(29)27-12-5-8-15(30-2)16(9-12)31-19(21)22/h3-10,19H,1-2H3,(H,27,29). The first-order chi connectivity index (χ1) is 14.6. The number of halogens is 5. The van der Waals surface area contributed by atoms with E-state index in [0.717, 1.165) is 17.8 Å². The van der Waals surface area contributed by atoms with Gasteiger partial charge < -0.3 is 14.8 Å². The Labute approximate surface area is 173 Å². The smallest absolute Gasteiger partial charge is 0.434 e. The van der Waals surface area contributed by atoms with Crippen LogP contribution in [0, 0.1) is 6.92 Å². The van der Waals surface area contributed by atoms with E-state index < -0.39 is 30.0 Å². The van der Waals surface area contributed by atoms with Crippen LogP contribution in [0.15, 0.2) is 48.7 Å². The number of nitrogens with zero attached hydrogens (tertiary/aromatic N) is 2. The fraction of sp³-hybridized carbons (Fsp3) is 0.200. The molecular formula is C20H16F5N3O3. The van der Waals surface area contributed by atoms with Crippen molar-refractivity contribution in [2.24, 2.45) is 0 Å². The van der Waals surface area contributed by atoms with E-state index in [2.05, 4.69) is 15.2 Å². The average Bonchev–Trinajstić information content (AvgIpc) is 3.14. The maximum absolute atomic E-state index is 13.8. The highest BCUT2D eigenvalue weighted by Gasteiger charge is 2.40. The van der Waals surface area contributed by atoms with Crippen LogP contribution in [0.1, 0.15) is 21.6 Å². The van der Waals surface area contributed by atoms with Gasteiger partial charge in [0.1, 0.15) is 0 Å². The molecule has 6 nitrogen and oxygen atoms in total. The molecule has 1 aromatic heterocycles. The number of anilines is 1. The molecule has 0 saturated carbocycles. The van der Waals surface area contributed by atoms with E-state index in [1.54, 1.807) is 19.1 Å². The molecule has 3 rings (SSSR count). The third kappa shape index (κ3) is 4.93. The number of hydrogen-bond donors (Lipinski definition) is 1. The number of carbonyl (C=O) groups is 1. The van der Waals surface area contributed by atoms with E-state index >= 15 is 0 Å². The maximum atomic E-state index is 13.8. The predicted molar refractivity (Wildman–Crippen MR) is 101 cm³/mol. The second-order valence-corrected chi connectivity index (χ2v) is 6.35. The summed E-state index contributed by atoms with van der Waals surface area (Å²) in [6.45, 7) is -1.39. The number of ether oxygens (including phenoxy) is 2. The summed E-state index contributed by atoms with van der Waals surface area (Å²) in [5, 5.41) is 5.96.